The summed E-state index contributed by atoms with van der Waals surface area (Å²) in [6.45, 7) is 6.43. The van der Waals surface area contributed by atoms with Gasteiger partial charge in [-0.15, -0.1) is 0 Å². The van der Waals surface area contributed by atoms with Crippen LogP contribution >= 0.6 is 0 Å². The van der Waals surface area contributed by atoms with Crippen molar-refractivity contribution in [2.45, 2.75) is 39.5 Å². The minimum atomic E-state index is 0.527. The number of hydrogen-bond acceptors (Lipinski definition) is 2. The normalized spacial score (nSPS) is 11.5. The monoisotopic (exact) mass is 203 g/mol. The minimum Gasteiger partial charge on any atom is -0.340 e. The summed E-state index contributed by atoms with van der Waals surface area (Å²) in [4.78, 5) is 12.2. The number of aromatic amines is 1. The Bertz CT molecular complexity index is 455. The molecule has 1 N–H and O–H groups in total. The van der Waals surface area contributed by atoms with E-state index in [1.165, 1.54) is 5.56 Å². The number of hydrogen-bond donors (Lipinski definition) is 1. The molecular formula is C12H17N3. The summed E-state index contributed by atoms with van der Waals surface area (Å²) >= 11 is 0. The van der Waals surface area contributed by atoms with Gasteiger partial charge in [0, 0.05) is 12.1 Å². The Morgan fingerprint density at radius 2 is 2.07 bits per heavy atom. The highest BCUT2D eigenvalue weighted by Gasteiger charge is 2.12. The molecule has 2 heterocycles. The molecular weight excluding hydrogens is 186 g/mol. The molecule has 0 spiro atoms. The fourth-order valence-electron chi connectivity index (χ4n) is 1.89. The number of aromatic nitrogens is 3. The Balaban J connectivity index is 2.46. The van der Waals surface area contributed by atoms with E-state index in [4.69, 9.17) is 0 Å². The molecule has 80 valence electrons. The largest absolute Gasteiger partial charge is 0.340 e. The summed E-state index contributed by atoms with van der Waals surface area (Å²) in [6.07, 6.45) is 4.10. The third kappa shape index (κ3) is 1.87. The first-order valence-electron chi connectivity index (χ1n) is 5.56. The maximum absolute atomic E-state index is 4.53. The lowest BCUT2D eigenvalue weighted by molar-refractivity contribution is 0.611. The second kappa shape index (κ2) is 4.01. The third-order valence-corrected chi connectivity index (χ3v) is 2.86. The molecule has 3 heteroatoms. The molecule has 0 aliphatic heterocycles. The van der Waals surface area contributed by atoms with Crippen molar-refractivity contribution in [1.82, 2.24) is 15.0 Å². The maximum atomic E-state index is 4.53. The van der Waals surface area contributed by atoms with Gasteiger partial charge in [0.1, 0.15) is 5.82 Å². The Hall–Kier alpha value is -1.38. The van der Waals surface area contributed by atoms with E-state index in [2.05, 4.69) is 34.9 Å². The van der Waals surface area contributed by atoms with Crippen molar-refractivity contribution in [2.24, 2.45) is 0 Å². The fraction of sp³-hybridized carbons (Fsp3) is 0.500. The number of aryl methyl sites for hydroxylation is 1. The summed E-state index contributed by atoms with van der Waals surface area (Å²) in [5, 5.41) is 0. The molecule has 2 rings (SSSR count). The maximum Gasteiger partial charge on any atom is 0.177 e. The molecule has 3 nitrogen and oxygen atoms in total. The van der Waals surface area contributed by atoms with Gasteiger partial charge in [-0.2, -0.15) is 0 Å². The van der Waals surface area contributed by atoms with E-state index >= 15 is 0 Å². The molecule has 0 atom stereocenters. The van der Waals surface area contributed by atoms with Gasteiger partial charge in [-0.3, -0.25) is 0 Å². The number of nitrogens with one attached hydrogen (secondary N) is 1. The van der Waals surface area contributed by atoms with Crippen LogP contribution < -0.4 is 0 Å². The van der Waals surface area contributed by atoms with Crippen LogP contribution in [0.4, 0.5) is 0 Å². The van der Waals surface area contributed by atoms with E-state index in [0.29, 0.717) is 5.92 Å². The molecule has 2 aromatic rings. The van der Waals surface area contributed by atoms with E-state index in [1.807, 2.05) is 13.1 Å². The zero-order valence-electron chi connectivity index (χ0n) is 9.54. The standard InChI is InChI=1S/C12H17N3/c1-4-9(5-2)11-14-10-6-8(3)7-13-12(10)15-11/h6-7,9H,4-5H2,1-3H3,(H,13,14,15). The predicted octanol–water partition coefficient (Wildman–Crippen LogP) is 3.17. The number of imidazole rings is 1. The molecule has 2 aromatic heterocycles. The van der Waals surface area contributed by atoms with Gasteiger partial charge in [0.25, 0.3) is 0 Å². The molecule has 0 unspecified atom stereocenters. The number of fused-ring (bicyclic) bond motifs is 1. The van der Waals surface area contributed by atoms with Gasteiger partial charge in [-0.1, -0.05) is 13.8 Å². The molecule has 0 aliphatic carbocycles. The molecule has 0 aromatic carbocycles. The lowest BCUT2D eigenvalue weighted by atomic mass is 10.0. The summed E-state index contributed by atoms with van der Waals surface area (Å²) in [5.41, 5.74) is 3.06. The van der Waals surface area contributed by atoms with Crippen LogP contribution in [0.1, 0.15) is 44.0 Å². The second-order valence-electron chi connectivity index (χ2n) is 4.02. The van der Waals surface area contributed by atoms with Gasteiger partial charge in [-0.05, 0) is 31.4 Å². The van der Waals surface area contributed by atoms with Gasteiger partial charge >= 0.3 is 0 Å². The quantitative estimate of drug-likeness (QED) is 0.832. The smallest absolute Gasteiger partial charge is 0.177 e. The Morgan fingerprint density at radius 3 is 2.73 bits per heavy atom. The number of rotatable bonds is 3. The van der Waals surface area contributed by atoms with E-state index in [-0.39, 0.29) is 0 Å². The van der Waals surface area contributed by atoms with E-state index in [0.717, 1.165) is 29.8 Å². The van der Waals surface area contributed by atoms with Crippen molar-refractivity contribution in [2.75, 3.05) is 0 Å². The first-order chi connectivity index (χ1) is 7.24. The highest BCUT2D eigenvalue weighted by molar-refractivity contribution is 5.71. The van der Waals surface area contributed by atoms with Crippen LogP contribution in [0.2, 0.25) is 0 Å². The average Bonchev–Trinajstić information content (AvgIpc) is 2.62. The summed E-state index contributed by atoms with van der Waals surface area (Å²) < 4.78 is 0. The summed E-state index contributed by atoms with van der Waals surface area (Å²) in [7, 11) is 0. The lowest BCUT2D eigenvalue weighted by Gasteiger charge is -2.06. The zero-order chi connectivity index (χ0) is 10.8. The number of H-pyrrole nitrogens is 1. The minimum absolute atomic E-state index is 0.527. The van der Waals surface area contributed by atoms with Crippen LogP contribution in [0.3, 0.4) is 0 Å². The fourth-order valence-corrected chi connectivity index (χ4v) is 1.89. The SMILES string of the molecule is CCC(CC)c1nc2ncc(C)cc2[nH]1. The first kappa shape index (κ1) is 10.1. The molecule has 0 radical (unpaired) electrons. The molecule has 0 amide bonds. The van der Waals surface area contributed by atoms with Crippen LogP contribution in [0.25, 0.3) is 11.2 Å². The number of nitrogens with zero attached hydrogens (tertiary/aromatic N) is 2. The van der Waals surface area contributed by atoms with Gasteiger partial charge in [0.05, 0.1) is 5.52 Å². The molecule has 0 aliphatic rings. The van der Waals surface area contributed by atoms with Crippen molar-refractivity contribution in [1.29, 1.82) is 0 Å². The van der Waals surface area contributed by atoms with E-state index in [9.17, 15) is 0 Å². The first-order valence-corrected chi connectivity index (χ1v) is 5.56. The van der Waals surface area contributed by atoms with Crippen molar-refractivity contribution in [3.63, 3.8) is 0 Å². The van der Waals surface area contributed by atoms with Crippen LogP contribution in [0, 0.1) is 6.92 Å². The van der Waals surface area contributed by atoms with Crippen LogP contribution in [-0.2, 0) is 0 Å². The molecule has 0 fully saturated rings. The topological polar surface area (TPSA) is 41.6 Å². The van der Waals surface area contributed by atoms with Crippen molar-refractivity contribution >= 4 is 11.2 Å². The van der Waals surface area contributed by atoms with Crippen molar-refractivity contribution in [3.8, 4) is 0 Å². The van der Waals surface area contributed by atoms with E-state index < -0.39 is 0 Å². The average molecular weight is 203 g/mol. The summed E-state index contributed by atoms with van der Waals surface area (Å²) in [5.74, 6) is 1.60. The highest BCUT2D eigenvalue weighted by atomic mass is 15.0. The van der Waals surface area contributed by atoms with Crippen LogP contribution in [0.15, 0.2) is 12.3 Å². The Kier molecular flexibility index (Phi) is 2.71. The molecule has 0 saturated heterocycles. The van der Waals surface area contributed by atoms with Crippen molar-refractivity contribution in [3.05, 3.63) is 23.7 Å². The van der Waals surface area contributed by atoms with Gasteiger partial charge in [-0.25, -0.2) is 9.97 Å². The highest BCUT2D eigenvalue weighted by Crippen LogP contribution is 2.22. The molecule has 0 saturated carbocycles. The van der Waals surface area contributed by atoms with Gasteiger partial charge < -0.3 is 4.98 Å². The van der Waals surface area contributed by atoms with E-state index in [1.54, 1.807) is 0 Å². The summed E-state index contributed by atoms with van der Waals surface area (Å²) in [6, 6.07) is 2.10. The Morgan fingerprint density at radius 1 is 1.33 bits per heavy atom. The van der Waals surface area contributed by atoms with Crippen molar-refractivity contribution < 1.29 is 0 Å². The molecule has 0 bridgehead atoms. The number of pyridine rings is 1. The molecule has 15 heavy (non-hydrogen) atoms. The van der Waals surface area contributed by atoms with Gasteiger partial charge in [0.15, 0.2) is 5.65 Å². The third-order valence-electron chi connectivity index (χ3n) is 2.86. The van der Waals surface area contributed by atoms with Crippen LogP contribution in [0.5, 0.6) is 0 Å². The second-order valence-corrected chi connectivity index (χ2v) is 4.02. The van der Waals surface area contributed by atoms with Crippen LogP contribution in [-0.4, -0.2) is 15.0 Å². The predicted molar refractivity (Wildman–Crippen MR) is 61.9 cm³/mol. The lowest BCUT2D eigenvalue weighted by Crippen LogP contribution is -1.97. The Labute approximate surface area is 90.0 Å². The van der Waals surface area contributed by atoms with Gasteiger partial charge in [0.2, 0.25) is 0 Å². The zero-order valence-corrected chi connectivity index (χ0v) is 9.54.